The lowest BCUT2D eigenvalue weighted by atomic mass is 10.1. The fourth-order valence-electron chi connectivity index (χ4n) is 1.65. The van der Waals surface area contributed by atoms with E-state index in [0.29, 0.717) is 10.6 Å². The Balaban J connectivity index is 2.04. The Bertz CT molecular complexity index is 419. The minimum Gasteiger partial charge on any atom is -0.298 e. The van der Waals surface area contributed by atoms with Crippen molar-refractivity contribution >= 4 is 40.9 Å². The molecule has 0 N–H and O–H groups in total. The molecule has 92 valence electrons. The molecule has 0 radical (unpaired) electrons. The summed E-state index contributed by atoms with van der Waals surface area (Å²) >= 11 is 9.26. The molecule has 0 bridgehead atoms. The number of carbonyl (C=O) groups is 1. The maximum absolute atomic E-state index is 13.5. The molecule has 1 unspecified atom stereocenters. The minimum absolute atomic E-state index is 0.00660. The van der Waals surface area contributed by atoms with Gasteiger partial charge in [0, 0.05) is 28.7 Å². The maximum atomic E-state index is 13.5. The Morgan fingerprint density at radius 1 is 1.47 bits per heavy atom. The Kier molecular flexibility index (Phi) is 4.77. The predicted molar refractivity (Wildman–Crippen MR) is 73.7 cm³/mol. The molecule has 1 heterocycles. The summed E-state index contributed by atoms with van der Waals surface area (Å²) in [4.78, 5) is 12.0. The van der Waals surface area contributed by atoms with Crippen molar-refractivity contribution in [3.63, 3.8) is 0 Å². The average molecular weight is 291 g/mol. The summed E-state index contributed by atoms with van der Waals surface area (Å²) < 4.78 is 13.5. The number of carbonyl (C=O) groups excluding carboxylic acids is 1. The van der Waals surface area contributed by atoms with Crippen LogP contribution in [0, 0.1) is 5.82 Å². The summed E-state index contributed by atoms with van der Waals surface area (Å²) in [5.41, 5.74) is 0.402. The third-order valence-corrected chi connectivity index (χ3v) is 5.59. The van der Waals surface area contributed by atoms with Crippen LogP contribution in [-0.2, 0) is 11.2 Å². The van der Waals surface area contributed by atoms with Gasteiger partial charge in [-0.15, -0.1) is 11.8 Å². The second-order valence-electron chi connectivity index (χ2n) is 3.81. The van der Waals surface area contributed by atoms with E-state index in [2.05, 4.69) is 0 Å². The fourth-order valence-corrected chi connectivity index (χ4v) is 4.50. The topological polar surface area (TPSA) is 17.1 Å². The van der Waals surface area contributed by atoms with Gasteiger partial charge in [-0.3, -0.25) is 4.79 Å². The normalized spacial score (nSPS) is 20.2. The van der Waals surface area contributed by atoms with Crippen LogP contribution in [0.2, 0.25) is 5.02 Å². The van der Waals surface area contributed by atoms with E-state index >= 15 is 0 Å². The third-order valence-electron chi connectivity index (χ3n) is 2.55. The van der Waals surface area contributed by atoms with Crippen LogP contribution in [0.15, 0.2) is 18.2 Å². The molecular formula is C12H12ClFOS2. The van der Waals surface area contributed by atoms with E-state index in [1.165, 1.54) is 18.2 Å². The largest absolute Gasteiger partial charge is 0.298 e. The number of hydrogen-bond donors (Lipinski definition) is 0. The van der Waals surface area contributed by atoms with Gasteiger partial charge in [0.2, 0.25) is 0 Å². The van der Waals surface area contributed by atoms with Crippen LogP contribution < -0.4 is 0 Å². The molecule has 1 nitrogen and oxygen atoms in total. The van der Waals surface area contributed by atoms with Crippen LogP contribution >= 0.6 is 35.1 Å². The van der Waals surface area contributed by atoms with Gasteiger partial charge in [0.05, 0.1) is 5.25 Å². The van der Waals surface area contributed by atoms with Crippen LogP contribution in [0.1, 0.15) is 5.56 Å². The van der Waals surface area contributed by atoms with E-state index in [4.69, 9.17) is 11.6 Å². The predicted octanol–water partition coefficient (Wildman–Crippen LogP) is 3.44. The van der Waals surface area contributed by atoms with Crippen molar-refractivity contribution in [2.45, 2.75) is 11.7 Å². The van der Waals surface area contributed by atoms with Gasteiger partial charge >= 0.3 is 0 Å². The number of hydrogen-bond acceptors (Lipinski definition) is 3. The Morgan fingerprint density at radius 2 is 2.29 bits per heavy atom. The van der Waals surface area contributed by atoms with Gasteiger partial charge in [-0.1, -0.05) is 11.6 Å². The first kappa shape index (κ1) is 13.2. The molecule has 0 amide bonds. The van der Waals surface area contributed by atoms with Crippen molar-refractivity contribution in [3.05, 3.63) is 34.6 Å². The van der Waals surface area contributed by atoms with E-state index in [0.717, 1.165) is 17.3 Å². The van der Waals surface area contributed by atoms with Crippen LogP contribution in [0.3, 0.4) is 0 Å². The molecule has 1 aliphatic rings. The molecule has 0 spiro atoms. The van der Waals surface area contributed by atoms with E-state index < -0.39 is 0 Å². The second-order valence-corrected chi connectivity index (χ2v) is 6.71. The first-order chi connectivity index (χ1) is 8.16. The van der Waals surface area contributed by atoms with E-state index in [9.17, 15) is 9.18 Å². The van der Waals surface area contributed by atoms with Crippen molar-refractivity contribution in [3.8, 4) is 0 Å². The zero-order valence-corrected chi connectivity index (χ0v) is 11.5. The molecule has 1 aliphatic heterocycles. The highest BCUT2D eigenvalue weighted by Gasteiger charge is 2.23. The summed E-state index contributed by atoms with van der Waals surface area (Å²) in [7, 11) is 0. The molecule has 0 aromatic heterocycles. The molecule has 5 heteroatoms. The zero-order valence-electron chi connectivity index (χ0n) is 9.12. The van der Waals surface area contributed by atoms with Crippen LogP contribution in [0.25, 0.3) is 0 Å². The summed E-state index contributed by atoms with van der Waals surface area (Å²) in [6.07, 6.45) is 0.143. The molecule has 1 aromatic carbocycles. The molecule has 1 saturated heterocycles. The molecule has 1 fully saturated rings. The number of thioether (sulfide) groups is 2. The second kappa shape index (κ2) is 6.12. The molecule has 17 heavy (non-hydrogen) atoms. The van der Waals surface area contributed by atoms with Gasteiger partial charge in [-0.25, -0.2) is 4.39 Å². The van der Waals surface area contributed by atoms with Crippen LogP contribution in [0.4, 0.5) is 4.39 Å². The highest BCUT2D eigenvalue weighted by atomic mass is 35.5. The molecule has 0 saturated carbocycles. The minimum atomic E-state index is -0.351. The fraction of sp³-hybridized carbons (Fsp3) is 0.417. The average Bonchev–Trinajstić information content (AvgIpc) is 2.35. The Morgan fingerprint density at radius 3 is 3.00 bits per heavy atom. The molecule has 2 rings (SSSR count). The molecular weight excluding hydrogens is 279 g/mol. The summed E-state index contributed by atoms with van der Waals surface area (Å²) in [6.45, 7) is 0. The van der Waals surface area contributed by atoms with Crippen molar-refractivity contribution in [1.82, 2.24) is 0 Å². The standard InChI is InChI=1S/C12H12ClFOS2/c13-9-1-2-10(14)8(5-9)6-11(15)12-7-16-3-4-17-12/h1-2,5,12H,3-4,6-7H2. The lowest BCUT2D eigenvalue weighted by molar-refractivity contribution is -0.117. The van der Waals surface area contributed by atoms with E-state index in [1.54, 1.807) is 23.5 Å². The van der Waals surface area contributed by atoms with Crippen molar-refractivity contribution in [1.29, 1.82) is 0 Å². The number of Topliss-reactive ketones (excluding diaryl/α,β-unsaturated/α-hetero) is 1. The SMILES string of the molecule is O=C(Cc1cc(Cl)ccc1F)C1CSCCS1. The van der Waals surface area contributed by atoms with Gasteiger partial charge in [0.15, 0.2) is 5.78 Å². The third kappa shape index (κ3) is 3.63. The highest BCUT2D eigenvalue weighted by Crippen LogP contribution is 2.26. The Labute approximate surface area is 113 Å². The smallest absolute Gasteiger partial charge is 0.151 e. The van der Waals surface area contributed by atoms with Gasteiger partial charge in [-0.05, 0) is 23.8 Å². The quantitative estimate of drug-likeness (QED) is 0.849. The van der Waals surface area contributed by atoms with Crippen molar-refractivity contribution in [2.75, 3.05) is 17.3 Å². The molecule has 0 aliphatic carbocycles. The van der Waals surface area contributed by atoms with Gasteiger partial charge in [0.25, 0.3) is 0 Å². The van der Waals surface area contributed by atoms with Crippen molar-refractivity contribution < 1.29 is 9.18 Å². The first-order valence-electron chi connectivity index (χ1n) is 5.33. The monoisotopic (exact) mass is 290 g/mol. The molecule has 1 atom stereocenters. The van der Waals surface area contributed by atoms with Crippen LogP contribution in [0.5, 0.6) is 0 Å². The first-order valence-corrected chi connectivity index (χ1v) is 7.91. The number of halogens is 2. The summed E-state index contributed by atoms with van der Waals surface area (Å²) in [6, 6.07) is 4.35. The van der Waals surface area contributed by atoms with E-state index in [-0.39, 0.29) is 23.3 Å². The van der Waals surface area contributed by atoms with Gasteiger partial charge in [-0.2, -0.15) is 11.8 Å². The highest BCUT2D eigenvalue weighted by molar-refractivity contribution is 8.07. The summed E-state index contributed by atoms with van der Waals surface area (Å²) in [5.74, 6) is 2.68. The number of ketones is 1. The lowest BCUT2D eigenvalue weighted by Gasteiger charge is -2.19. The number of benzene rings is 1. The summed E-state index contributed by atoms with van der Waals surface area (Å²) in [5, 5.41) is 0.479. The Hall–Kier alpha value is -0.190. The van der Waals surface area contributed by atoms with Gasteiger partial charge < -0.3 is 0 Å². The van der Waals surface area contributed by atoms with Crippen LogP contribution in [-0.4, -0.2) is 28.3 Å². The lowest BCUT2D eigenvalue weighted by Crippen LogP contribution is -2.26. The van der Waals surface area contributed by atoms with Crippen molar-refractivity contribution in [2.24, 2.45) is 0 Å². The molecule has 1 aromatic rings. The van der Waals surface area contributed by atoms with E-state index in [1.807, 2.05) is 0 Å². The maximum Gasteiger partial charge on any atom is 0.151 e. The van der Waals surface area contributed by atoms with Gasteiger partial charge in [0.1, 0.15) is 5.82 Å². The zero-order chi connectivity index (χ0) is 12.3. The number of rotatable bonds is 3.